The molecule has 11 heterocycles. The number of likely N-dealkylation sites (tertiary alicyclic amines) is 1. The molecule has 1 saturated heterocycles. The first-order valence-corrected chi connectivity index (χ1v) is 47.3. The number of β-amino-alcohol motifs (C(OH)–C–C–N with tert-alkyl or cyclic N) is 2. The third-order valence-corrected chi connectivity index (χ3v) is 24.0. The fourth-order valence-corrected chi connectivity index (χ4v) is 16.2. The van der Waals surface area contributed by atoms with E-state index < -0.39 is 132 Å². The number of likely N-dealkylation sites (N-methyl/N-ethyl adjacent to an activating group) is 1. The largest absolute Gasteiger partial charge is 0.395 e. The highest BCUT2D eigenvalue weighted by Gasteiger charge is 2.40. The zero-order chi connectivity index (χ0) is 104. The minimum Gasteiger partial charge on any atom is -0.395 e. The van der Waals surface area contributed by atoms with Gasteiger partial charge in [-0.2, -0.15) is 0 Å². The fourth-order valence-electron chi connectivity index (χ4n) is 15.4. The number of carbonyl (C=O) groups is 10. The number of nitrogens with two attached hydrogens (primary N) is 1. The van der Waals surface area contributed by atoms with Crippen molar-refractivity contribution in [2.45, 2.75) is 118 Å². The summed E-state index contributed by atoms with van der Waals surface area (Å²) in [5, 5.41) is 106. The van der Waals surface area contributed by atoms with E-state index in [4.69, 9.17) is 73.7 Å². The number of hydrogen-bond donors (Lipinski definition) is 21. The molecule has 0 unspecified atom stereocenters. The molecule has 758 valence electrons. The molecule has 10 aromatic heterocycles. The lowest BCUT2D eigenvalue weighted by molar-refractivity contribution is -0.179. The number of carbonyl (C=O) groups excluding carboxylic acids is 10. The van der Waals surface area contributed by atoms with Crippen LogP contribution in [0, 0.1) is 0 Å². The molecule has 15 aromatic rings. The summed E-state index contributed by atoms with van der Waals surface area (Å²) in [7, 11) is 2.71. The summed E-state index contributed by atoms with van der Waals surface area (Å²) in [6, 6.07) is 58.1. The van der Waals surface area contributed by atoms with E-state index in [-0.39, 0.29) is 74.7 Å². The number of pyridine rings is 5. The van der Waals surface area contributed by atoms with E-state index >= 15 is 0 Å². The van der Waals surface area contributed by atoms with Gasteiger partial charge in [0.25, 0.3) is 53.2 Å². The van der Waals surface area contributed by atoms with Gasteiger partial charge in [0.05, 0.1) is 115 Å². The average molecular weight is 2080 g/mol. The Kier molecular flexibility index (Phi) is 39.6. The number of nitrogens with one attached hydrogen (secondary N) is 12. The van der Waals surface area contributed by atoms with Crippen LogP contribution in [0.1, 0.15) is 93.6 Å². The van der Waals surface area contributed by atoms with Crippen molar-refractivity contribution in [3.8, 4) is 0 Å². The summed E-state index contributed by atoms with van der Waals surface area (Å²) >= 11 is 29.4. The van der Waals surface area contributed by atoms with Gasteiger partial charge in [-0.25, -0.2) is 30.0 Å². The molecule has 5 aromatic carbocycles. The normalized spacial score (nSPS) is 14.7. The monoisotopic (exact) mass is 2080 g/mol. The van der Waals surface area contributed by atoms with Crippen molar-refractivity contribution in [1.29, 1.82) is 0 Å². The van der Waals surface area contributed by atoms with E-state index in [2.05, 4.69) is 87.1 Å². The van der Waals surface area contributed by atoms with Gasteiger partial charge >= 0.3 is 0 Å². The van der Waals surface area contributed by atoms with E-state index in [0.717, 1.165) is 60.8 Å². The number of H-pyrrole nitrogens is 5. The lowest BCUT2D eigenvalue weighted by Crippen LogP contribution is -2.52. The standard InChI is InChI=1S/C22H23ClN4O5.C21H23ClN4O3.2C20H21ClN4O4.C18H17ClN4O3/c23-19-8-13-7-15(25-16(13)9-24-19)21(31)26-14(6-12-4-2-1-3-5-12)20(30)22(32)27-10-17(28)18(29)11-27;1-2-8-23-21(29)19(27)15(9-13-6-4-3-5-7-13)26-20(28)16-10-14-11-18(22)24-12-17(14)25-16;1-25(29-2)20(28)18(26)14(8-12-6-4-3-5-7-12)24-19(27)15-9-13-10-17(21)22-11-16(13)23-15;21-17-10-13-9-15(24-16(13)11-23-17)19(28)25-14(8-12-4-2-1-3-5-12)18(27)20(29)22-6-7-26;19-15-8-11-7-13(22-14(11)9-21-15)18(26)23-12(16(24)17(20)25)6-10-4-2-1-3-5-10/h1-5,7-9,14,17-18,20,25,28-30H,6,10-11H2,(H,26,31);3-7,10-12,15,19,25,27H,2,8-9H2,1H3,(H,23,29)(H,26,28);3-7,9-11,14,18,23,26H,8H2,1-2H3,(H,24,27);1-5,9-11,14,18,24,26-27H,6-8H2,(H,22,29)(H,25,28);1-5,7-9,12,16,22,24H,6H2,(H2,20,25)(H,23,26)/t14-,17-,18+,20-;15-,19+;2*14-,18-;12-,16+/m00110/s1. The van der Waals surface area contributed by atoms with Gasteiger partial charge in [-0.3, -0.25) is 52.8 Å². The first-order valence-electron chi connectivity index (χ1n) is 45.4. The van der Waals surface area contributed by atoms with Crippen LogP contribution in [0.2, 0.25) is 25.8 Å². The number of hydrogen-bond acceptors (Lipinski definition) is 24. The fraction of sp³-hybridized carbons (Fsp3) is 0.257. The maximum Gasteiger partial charge on any atom is 0.276 e. The van der Waals surface area contributed by atoms with Gasteiger partial charge in [0.15, 0.2) is 30.5 Å². The van der Waals surface area contributed by atoms with Crippen LogP contribution in [0.15, 0.2) is 243 Å². The van der Waals surface area contributed by atoms with Crippen LogP contribution in [0.5, 0.6) is 0 Å². The smallest absolute Gasteiger partial charge is 0.276 e. The molecule has 0 saturated carbocycles. The van der Waals surface area contributed by atoms with Gasteiger partial charge in [-0.15, -0.1) is 0 Å². The Bertz CT molecular complexity index is 6790. The Labute approximate surface area is 853 Å². The van der Waals surface area contributed by atoms with Gasteiger partial charge in [0.1, 0.15) is 54.2 Å². The Balaban J connectivity index is 0.000000162. The van der Waals surface area contributed by atoms with Crippen molar-refractivity contribution >= 4 is 172 Å². The number of rotatable bonds is 35. The van der Waals surface area contributed by atoms with Gasteiger partial charge in [-0.05, 0) is 127 Å². The van der Waals surface area contributed by atoms with E-state index in [9.17, 15) is 83.7 Å². The SMILES string of the molecule is CCCNC(=O)[C@H](O)[C@H](Cc1ccccc1)NC(=O)c1cc2cc(Cl)ncc2[nH]1.CON(C)C(=O)[C@H](O)[C@@H](Cc1ccccc1)NC(=O)c1cc2cc(Cl)ncc2[nH]1.NC(=O)[C@H](O)[C@H](Cc1ccccc1)NC(=O)c1cc2cc(Cl)ncc2[nH]1.O=C(N[C@@H](Cc1ccccc1)[C@H](O)C(=O)N1C[C@@H](O)[C@@H](O)C1)c1cc2cc(Cl)ncc2[nH]1.O=C(N[C@H](Cc1ccccc1)[C@@H](O)C(=O)NCCO)c1cc2cc(Cl)ncc2[nH]1. The van der Waals surface area contributed by atoms with Crippen LogP contribution in [-0.4, -0.2) is 280 Å². The summed E-state index contributed by atoms with van der Waals surface area (Å²) in [4.78, 5) is 166. The summed E-state index contributed by atoms with van der Waals surface area (Å²) in [6.07, 6.45) is 0.0406. The third kappa shape index (κ3) is 30.9. The van der Waals surface area contributed by atoms with Crippen LogP contribution >= 0.6 is 58.0 Å². The first kappa shape index (κ1) is 109. The van der Waals surface area contributed by atoms with Crippen LogP contribution in [-0.2, 0) is 60.9 Å². The molecule has 1 aliphatic heterocycles. The maximum atomic E-state index is 12.9. The first-order chi connectivity index (χ1) is 69.6. The number of halogens is 5. The highest BCUT2D eigenvalue weighted by atomic mass is 35.5. The Morgan fingerprint density at radius 2 is 0.628 bits per heavy atom. The second-order valence-electron chi connectivity index (χ2n) is 33.6. The predicted molar refractivity (Wildman–Crippen MR) is 544 cm³/mol. The molecule has 0 aliphatic carbocycles. The number of aromatic amines is 5. The van der Waals surface area contributed by atoms with Crippen molar-refractivity contribution in [1.82, 2.24) is 97.0 Å². The molecule has 39 nitrogen and oxygen atoms in total. The third-order valence-electron chi connectivity index (χ3n) is 23.0. The Morgan fingerprint density at radius 3 is 0.869 bits per heavy atom. The van der Waals surface area contributed by atoms with Crippen LogP contribution in [0.25, 0.3) is 54.5 Å². The second-order valence-corrected chi connectivity index (χ2v) is 35.5. The van der Waals surface area contributed by atoms with Crippen molar-refractivity contribution < 1.29 is 93.6 Å². The summed E-state index contributed by atoms with van der Waals surface area (Å²) in [6.45, 7) is 1.97. The lowest BCUT2D eigenvalue weighted by Gasteiger charge is -2.27. The number of hydroxylamine groups is 2. The molecule has 22 N–H and O–H groups in total. The molecule has 0 radical (unpaired) electrons. The Morgan fingerprint density at radius 1 is 0.386 bits per heavy atom. The van der Waals surface area contributed by atoms with E-state index in [1.165, 1.54) is 43.8 Å². The number of amides is 10. The molecule has 10 amide bonds. The molecular formula is C101H105Cl5N20O19. The number of aromatic nitrogens is 10. The summed E-state index contributed by atoms with van der Waals surface area (Å²) < 4.78 is 0. The quantitative estimate of drug-likeness (QED) is 0.0137. The molecule has 0 spiro atoms. The topological polar surface area (TPSA) is 602 Å². The van der Waals surface area contributed by atoms with Crippen molar-refractivity contribution in [2.75, 3.05) is 46.9 Å². The van der Waals surface area contributed by atoms with E-state index in [1.54, 1.807) is 66.9 Å². The molecule has 145 heavy (non-hydrogen) atoms. The highest BCUT2D eigenvalue weighted by molar-refractivity contribution is 6.31. The number of benzene rings is 5. The molecule has 1 fully saturated rings. The number of nitrogens with zero attached hydrogens (tertiary/aromatic N) is 7. The minimum atomic E-state index is -1.57. The van der Waals surface area contributed by atoms with Gasteiger partial charge in [0, 0.05) is 60.2 Å². The number of primary amides is 1. The summed E-state index contributed by atoms with van der Waals surface area (Å²) in [5.74, 6) is -5.79. The Hall–Kier alpha value is -14.7. The highest BCUT2D eigenvalue weighted by Crippen LogP contribution is 2.27. The zero-order valence-electron chi connectivity index (χ0n) is 78.0. The van der Waals surface area contributed by atoms with E-state index in [0.29, 0.717) is 77.4 Å². The second kappa shape index (κ2) is 52.6. The summed E-state index contributed by atoms with van der Waals surface area (Å²) in [5.41, 5.74) is 14.0. The van der Waals surface area contributed by atoms with E-state index in [1.807, 2.05) is 159 Å². The zero-order valence-corrected chi connectivity index (χ0v) is 81.7. The molecule has 12 atom stereocenters. The molecule has 0 bridgehead atoms. The van der Waals surface area contributed by atoms with Gasteiger partial charge < -0.3 is 114 Å². The molecular weight excluding hydrogens is 1970 g/mol. The molecule has 16 rings (SSSR count). The number of fused-ring (bicyclic) bond motifs is 5. The van der Waals surface area contributed by atoms with Crippen LogP contribution < -0.4 is 43.0 Å². The van der Waals surface area contributed by atoms with Gasteiger partial charge in [-0.1, -0.05) is 217 Å². The average Bonchev–Trinajstić information content (AvgIpc) is 1.68. The van der Waals surface area contributed by atoms with Gasteiger partial charge in [0.2, 0.25) is 5.91 Å². The lowest BCUT2D eigenvalue weighted by atomic mass is 10.00. The number of aliphatic hydroxyl groups is 8. The predicted octanol–water partition coefficient (Wildman–Crippen LogP) is 7.30. The van der Waals surface area contributed by atoms with Crippen molar-refractivity contribution in [3.63, 3.8) is 0 Å². The number of aliphatic hydroxyl groups excluding tert-OH is 8. The molecule has 1 aliphatic rings. The van der Waals surface area contributed by atoms with Crippen LogP contribution in [0.3, 0.4) is 0 Å². The molecule has 44 heteroatoms. The minimum absolute atomic E-state index is 0.0116. The van der Waals surface area contributed by atoms with Crippen LogP contribution in [0.4, 0.5) is 0 Å². The van der Waals surface area contributed by atoms with Crippen molar-refractivity contribution in [2.24, 2.45) is 5.73 Å². The van der Waals surface area contributed by atoms with Crippen molar-refractivity contribution in [3.05, 3.63) is 325 Å². The maximum absolute atomic E-state index is 12.9.